The van der Waals surface area contributed by atoms with Crippen molar-refractivity contribution in [3.63, 3.8) is 0 Å². The molecule has 0 aromatic heterocycles. The molecule has 0 radical (unpaired) electrons. The molecule has 3 aromatic carbocycles. The molecule has 0 saturated carbocycles. The zero-order chi connectivity index (χ0) is 25.5. The molecule has 0 amide bonds. The van der Waals surface area contributed by atoms with Crippen LogP contribution in [0.2, 0.25) is 0 Å². The van der Waals surface area contributed by atoms with Crippen LogP contribution in [0.3, 0.4) is 0 Å². The van der Waals surface area contributed by atoms with Gasteiger partial charge in [0.15, 0.2) is 0 Å². The Bertz CT molecular complexity index is 1650. The van der Waals surface area contributed by atoms with E-state index in [1.165, 1.54) is 6.07 Å². The molecule has 0 atom stereocenters. The summed E-state index contributed by atoms with van der Waals surface area (Å²) in [6.45, 7) is 1.78. The van der Waals surface area contributed by atoms with Gasteiger partial charge in [0.2, 0.25) is 0 Å². The van der Waals surface area contributed by atoms with Crippen LogP contribution in [0.4, 0.5) is 11.4 Å². The van der Waals surface area contributed by atoms with Crippen LogP contribution in [0, 0.1) is 0 Å². The van der Waals surface area contributed by atoms with Gasteiger partial charge < -0.3 is 18.9 Å². The fourth-order valence-electron chi connectivity index (χ4n) is 2.91. The summed E-state index contributed by atoms with van der Waals surface area (Å²) in [4.78, 5) is -2.79. The van der Waals surface area contributed by atoms with Crippen molar-refractivity contribution < 1.29 is 48.8 Å². The molecule has 0 aliphatic heterocycles. The molecule has 0 bridgehead atoms. The molecule has 3 rings (SSSR count). The topological polar surface area (TPSA) is 226 Å². The zero-order valence-corrected chi connectivity index (χ0v) is 22.3. The smallest absolute Gasteiger partial charge is 0.870 e. The molecular formula is C18H13CaN2O11S3-. The van der Waals surface area contributed by atoms with Crippen LogP contribution >= 0.6 is 0 Å². The molecular weight excluding hydrogens is 556 g/mol. The van der Waals surface area contributed by atoms with Crippen molar-refractivity contribution in [3.8, 4) is 11.5 Å². The second-order valence-electron chi connectivity index (χ2n) is 6.58. The van der Waals surface area contributed by atoms with Crippen molar-refractivity contribution in [1.82, 2.24) is 0 Å². The van der Waals surface area contributed by atoms with Gasteiger partial charge >= 0.3 is 37.7 Å². The largest absolute Gasteiger partial charge is 2.00 e. The van der Waals surface area contributed by atoms with E-state index in [1.807, 2.05) is 0 Å². The Morgan fingerprint density at radius 3 is 2.09 bits per heavy atom. The molecule has 13 nitrogen and oxygen atoms in total. The van der Waals surface area contributed by atoms with Crippen LogP contribution in [0.5, 0.6) is 11.5 Å². The monoisotopic (exact) mass is 569 g/mol. The summed E-state index contributed by atoms with van der Waals surface area (Å²) >= 11 is 0. The van der Waals surface area contributed by atoms with Crippen LogP contribution in [0.1, 0.15) is 6.92 Å². The number of nitrogens with zero attached hydrogens (tertiary/aromatic N) is 2. The van der Waals surface area contributed by atoms with Crippen molar-refractivity contribution in [2.24, 2.45) is 10.2 Å². The van der Waals surface area contributed by atoms with E-state index in [9.17, 15) is 44.0 Å². The van der Waals surface area contributed by atoms with E-state index >= 15 is 0 Å². The third-order valence-electron chi connectivity index (χ3n) is 4.34. The van der Waals surface area contributed by atoms with Crippen LogP contribution < -0.4 is 9.84 Å². The second kappa shape index (κ2) is 10.6. The van der Waals surface area contributed by atoms with Crippen LogP contribution in [0.15, 0.2) is 67.4 Å². The van der Waals surface area contributed by atoms with E-state index in [-0.39, 0.29) is 60.9 Å². The quantitative estimate of drug-likeness (QED) is 0.243. The number of azo groups is 1. The average molecular weight is 570 g/mol. The minimum absolute atomic E-state index is 0. The number of fused-ring (bicyclic) bond motifs is 1. The average Bonchev–Trinajstić information content (AvgIpc) is 2.71. The number of ether oxygens (including phenoxy) is 1. The van der Waals surface area contributed by atoms with Gasteiger partial charge in [0.25, 0.3) is 10.1 Å². The van der Waals surface area contributed by atoms with E-state index in [2.05, 4.69) is 10.2 Å². The minimum Gasteiger partial charge on any atom is -0.870 e. The molecule has 1 N–H and O–H groups in total. The van der Waals surface area contributed by atoms with Gasteiger partial charge in [-0.15, -0.1) is 5.11 Å². The Morgan fingerprint density at radius 1 is 0.886 bits per heavy atom. The van der Waals surface area contributed by atoms with Gasteiger partial charge in [-0.25, -0.2) is 16.8 Å². The summed E-state index contributed by atoms with van der Waals surface area (Å²) in [5.41, 5.74) is -1.25. The van der Waals surface area contributed by atoms with Crippen molar-refractivity contribution in [2.45, 2.75) is 21.6 Å². The summed E-state index contributed by atoms with van der Waals surface area (Å²) in [6.07, 6.45) is 0. The molecule has 0 aliphatic carbocycles. The van der Waals surface area contributed by atoms with Gasteiger partial charge in [-0.2, -0.15) is 13.5 Å². The molecule has 17 heteroatoms. The van der Waals surface area contributed by atoms with Crippen molar-refractivity contribution in [3.05, 3.63) is 42.5 Å². The van der Waals surface area contributed by atoms with E-state index in [0.717, 1.165) is 30.3 Å². The number of hydrogen-bond acceptors (Lipinski definition) is 12. The molecule has 0 heterocycles. The summed E-state index contributed by atoms with van der Waals surface area (Å²) in [5, 5.41) is 19.4. The van der Waals surface area contributed by atoms with E-state index in [1.54, 1.807) is 6.92 Å². The molecule has 3 aromatic rings. The first-order valence-corrected chi connectivity index (χ1v) is 13.2. The van der Waals surface area contributed by atoms with Crippen molar-refractivity contribution >= 4 is 90.2 Å². The summed E-state index contributed by atoms with van der Waals surface area (Å²) < 4.78 is 107. The second-order valence-corrected chi connectivity index (χ2v) is 10.7. The van der Waals surface area contributed by atoms with Gasteiger partial charge in [0.1, 0.15) is 31.7 Å². The maximum absolute atomic E-state index is 12.7. The van der Waals surface area contributed by atoms with Crippen molar-refractivity contribution in [2.75, 3.05) is 6.61 Å². The first-order chi connectivity index (χ1) is 15.6. The molecule has 0 spiro atoms. The Kier molecular flexibility index (Phi) is 8.90. The maximum Gasteiger partial charge on any atom is 2.00 e. The Morgan fingerprint density at radius 2 is 1.54 bits per heavy atom. The van der Waals surface area contributed by atoms with E-state index in [0.29, 0.717) is 6.07 Å². The van der Waals surface area contributed by atoms with Gasteiger partial charge in [-0.3, -0.25) is 4.55 Å². The molecule has 0 aliphatic rings. The van der Waals surface area contributed by atoms with Crippen molar-refractivity contribution in [1.29, 1.82) is 0 Å². The number of benzene rings is 3. The molecule has 0 saturated heterocycles. The third kappa shape index (κ3) is 6.66. The van der Waals surface area contributed by atoms with E-state index in [4.69, 9.17) is 4.74 Å². The summed E-state index contributed by atoms with van der Waals surface area (Å²) in [7, 11) is -15.2. The van der Waals surface area contributed by atoms with Crippen LogP contribution in [-0.2, 0) is 30.4 Å². The minimum atomic E-state index is -5.13. The Balaban J connectivity index is 0.00000432. The summed E-state index contributed by atoms with van der Waals surface area (Å²) in [6, 6.07) is 6.42. The van der Waals surface area contributed by atoms with E-state index < -0.39 is 62.2 Å². The van der Waals surface area contributed by atoms with Gasteiger partial charge in [0, 0.05) is 5.39 Å². The number of rotatable bonds is 7. The number of hydrogen-bond donors (Lipinski definition) is 1. The SMILES string of the molecule is CCOc1ccc(N=Nc2c([O-])c(S(=O)(=O)O)cc3cc(S(=O)(=O)[O-])ccc23)c(S(=O)(=O)[O-])c1.[Ca+2]. The predicted molar refractivity (Wildman–Crippen MR) is 117 cm³/mol. The van der Waals surface area contributed by atoms with Gasteiger partial charge in [-0.05, 0) is 48.7 Å². The zero-order valence-electron chi connectivity index (χ0n) is 17.6. The normalized spacial score (nSPS) is 12.6. The third-order valence-corrected chi connectivity index (χ3v) is 6.90. The molecule has 0 fully saturated rings. The molecule has 0 unspecified atom stereocenters. The molecule has 182 valence electrons. The standard InChI is InChI=1S/C18H16N2O11S3.Ca/c1-2-31-11-3-6-14(15(9-11)33(25,26)27)19-20-17-13-5-4-12(32(22,23)24)7-10(13)8-16(18(17)21)34(28,29)30;/h3-9,21H,2H2,1H3,(H,22,23,24)(H,25,26,27)(H,28,29,30);/q;+2/p-3. The molecule has 35 heavy (non-hydrogen) atoms. The van der Waals surface area contributed by atoms with Gasteiger partial charge in [-0.1, -0.05) is 11.8 Å². The predicted octanol–water partition coefficient (Wildman–Crippen LogP) is 1.40. The van der Waals surface area contributed by atoms with Crippen LogP contribution in [0.25, 0.3) is 10.8 Å². The van der Waals surface area contributed by atoms with Gasteiger partial charge in [0.05, 0.1) is 27.0 Å². The first kappa shape index (κ1) is 29.3. The Hall–Kier alpha value is -1.89. The van der Waals surface area contributed by atoms with Crippen LogP contribution in [-0.4, -0.2) is 83.3 Å². The fourth-order valence-corrected chi connectivity index (χ4v) is 4.64. The first-order valence-electron chi connectivity index (χ1n) is 8.98. The summed E-state index contributed by atoms with van der Waals surface area (Å²) in [5.74, 6) is -1.32. The maximum atomic E-state index is 12.7. The Labute approximate surface area is 229 Å². The fraction of sp³-hybridized carbons (Fsp3) is 0.111.